The fourth-order valence-electron chi connectivity index (χ4n) is 1.69. The van der Waals surface area contributed by atoms with Crippen LogP contribution >= 0.6 is 23.2 Å². The van der Waals surface area contributed by atoms with Crippen LogP contribution in [0.3, 0.4) is 0 Å². The first-order valence-corrected chi connectivity index (χ1v) is 6.32. The molecule has 104 valence electrons. The lowest BCUT2D eigenvalue weighted by atomic mass is 9.92. The number of carbonyl (C=O) groups excluding carboxylic acids is 2. The van der Waals surface area contributed by atoms with Crippen LogP contribution in [0.5, 0.6) is 0 Å². The molecule has 0 heterocycles. The predicted octanol–water partition coefficient (Wildman–Crippen LogP) is 3.20. The van der Waals surface area contributed by atoms with Crippen LogP contribution in [0, 0.1) is 0 Å². The van der Waals surface area contributed by atoms with Crippen molar-refractivity contribution >= 4 is 35.1 Å². The molecular weight excluding hydrogens is 291 g/mol. The van der Waals surface area contributed by atoms with Crippen LogP contribution < -0.4 is 0 Å². The van der Waals surface area contributed by atoms with Gasteiger partial charge in [0.1, 0.15) is 0 Å². The second-order valence-electron chi connectivity index (χ2n) is 3.92. The Morgan fingerprint density at radius 1 is 1.11 bits per heavy atom. The Balaban J connectivity index is 3.00. The first kappa shape index (κ1) is 15.8. The molecule has 0 saturated heterocycles. The third kappa shape index (κ3) is 4.73. The van der Waals surface area contributed by atoms with Crippen LogP contribution in [0.25, 0.3) is 0 Å². The van der Waals surface area contributed by atoms with Crippen molar-refractivity contribution < 1.29 is 19.1 Å². The third-order valence-electron chi connectivity index (χ3n) is 2.68. The Kier molecular flexibility index (Phi) is 6.12. The summed E-state index contributed by atoms with van der Waals surface area (Å²) in [4.78, 5) is 22.8. The zero-order valence-corrected chi connectivity index (χ0v) is 12.1. The molecule has 0 saturated carbocycles. The van der Waals surface area contributed by atoms with E-state index in [1.54, 1.807) is 18.2 Å². The molecule has 0 aromatic heterocycles. The highest BCUT2D eigenvalue weighted by molar-refractivity contribution is 6.35. The Hall–Kier alpha value is -1.26. The molecule has 0 unspecified atom stereocenters. The standard InChI is InChI=1S/C13H14Cl2O4/c1-18-12(16)5-8(6-13(17)19-2)10-4-3-9(14)7-11(10)15/h3-4,7-8H,5-6H2,1-2H3. The van der Waals surface area contributed by atoms with E-state index in [4.69, 9.17) is 23.2 Å². The van der Waals surface area contributed by atoms with Gasteiger partial charge in [0.05, 0.1) is 27.1 Å². The lowest BCUT2D eigenvalue weighted by Gasteiger charge is -2.16. The van der Waals surface area contributed by atoms with Crippen molar-refractivity contribution in [2.45, 2.75) is 18.8 Å². The average Bonchev–Trinajstić information content (AvgIpc) is 2.37. The van der Waals surface area contributed by atoms with Gasteiger partial charge in [-0.3, -0.25) is 9.59 Å². The molecule has 1 aromatic carbocycles. The minimum Gasteiger partial charge on any atom is -0.469 e. The molecule has 19 heavy (non-hydrogen) atoms. The molecule has 0 bridgehead atoms. The van der Waals surface area contributed by atoms with E-state index in [-0.39, 0.29) is 12.8 Å². The highest BCUT2D eigenvalue weighted by Gasteiger charge is 2.22. The van der Waals surface area contributed by atoms with Crippen molar-refractivity contribution in [2.24, 2.45) is 0 Å². The van der Waals surface area contributed by atoms with E-state index in [1.165, 1.54) is 14.2 Å². The Morgan fingerprint density at radius 3 is 2.05 bits per heavy atom. The van der Waals surface area contributed by atoms with Gasteiger partial charge in [-0.1, -0.05) is 29.3 Å². The minimum absolute atomic E-state index is 0.0486. The van der Waals surface area contributed by atoms with Gasteiger partial charge in [-0.15, -0.1) is 0 Å². The van der Waals surface area contributed by atoms with E-state index in [9.17, 15) is 9.59 Å². The van der Waals surface area contributed by atoms with Crippen LogP contribution in [0.4, 0.5) is 0 Å². The van der Waals surface area contributed by atoms with E-state index >= 15 is 0 Å². The second kappa shape index (κ2) is 7.36. The van der Waals surface area contributed by atoms with Gasteiger partial charge in [-0.05, 0) is 17.7 Å². The maximum atomic E-state index is 11.4. The van der Waals surface area contributed by atoms with E-state index < -0.39 is 17.9 Å². The van der Waals surface area contributed by atoms with Crippen LogP contribution in [0.1, 0.15) is 24.3 Å². The number of hydrogen-bond acceptors (Lipinski definition) is 4. The molecule has 6 heteroatoms. The summed E-state index contributed by atoms with van der Waals surface area (Å²) in [6.45, 7) is 0. The summed E-state index contributed by atoms with van der Waals surface area (Å²) in [6.07, 6.45) is 0.0971. The molecule has 4 nitrogen and oxygen atoms in total. The smallest absolute Gasteiger partial charge is 0.306 e. The zero-order chi connectivity index (χ0) is 14.4. The van der Waals surface area contributed by atoms with Gasteiger partial charge in [0.15, 0.2) is 0 Å². The summed E-state index contributed by atoms with van der Waals surface area (Å²) in [6, 6.07) is 4.92. The maximum absolute atomic E-state index is 11.4. The lowest BCUT2D eigenvalue weighted by molar-refractivity contribution is -0.143. The van der Waals surface area contributed by atoms with E-state index in [0.29, 0.717) is 15.6 Å². The van der Waals surface area contributed by atoms with Gasteiger partial charge in [-0.25, -0.2) is 0 Å². The summed E-state index contributed by atoms with van der Waals surface area (Å²) in [5.41, 5.74) is 0.668. The number of ether oxygens (including phenoxy) is 2. The first-order valence-electron chi connectivity index (χ1n) is 5.56. The van der Waals surface area contributed by atoms with Gasteiger partial charge in [0, 0.05) is 16.0 Å². The monoisotopic (exact) mass is 304 g/mol. The number of halogens is 2. The van der Waals surface area contributed by atoms with Gasteiger partial charge >= 0.3 is 11.9 Å². The number of esters is 2. The molecule has 0 fully saturated rings. The number of carbonyl (C=O) groups is 2. The Morgan fingerprint density at radius 2 is 1.63 bits per heavy atom. The van der Waals surface area contributed by atoms with Crippen molar-refractivity contribution in [1.29, 1.82) is 0 Å². The molecule has 1 aromatic rings. The molecule has 0 radical (unpaired) electrons. The molecule has 1 rings (SSSR count). The number of hydrogen-bond donors (Lipinski definition) is 0. The zero-order valence-electron chi connectivity index (χ0n) is 10.6. The molecule has 0 spiro atoms. The SMILES string of the molecule is COC(=O)CC(CC(=O)OC)c1ccc(Cl)cc1Cl. The predicted molar refractivity (Wildman–Crippen MR) is 72.5 cm³/mol. The Bertz CT molecular complexity index is 456. The van der Waals surface area contributed by atoms with Crippen LogP contribution in [-0.4, -0.2) is 26.2 Å². The van der Waals surface area contributed by atoms with Crippen molar-refractivity contribution in [2.75, 3.05) is 14.2 Å². The molecule has 0 atom stereocenters. The van der Waals surface area contributed by atoms with Gasteiger partial charge < -0.3 is 9.47 Å². The van der Waals surface area contributed by atoms with Crippen molar-refractivity contribution in [3.63, 3.8) is 0 Å². The van der Waals surface area contributed by atoms with Gasteiger partial charge in [0.25, 0.3) is 0 Å². The summed E-state index contributed by atoms with van der Waals surface area (Å²) in [5, 5.41) is 0.897. The summed E-state index contributed by atoms with van der Waals surface area (Å²) in [7, 11) is 2.59. The molecule has 0 aliphatic heterocycles. The topological polar surface area (TPSA) is 52.6 Å². The van der Waals surface area contributed by atoms with E-state index in [0.717, 1.165) is 0 Å². The van der Waals surface area contributed by atoms with Crippen molar-refractivity contribution in [1.82, 2.24) is 0 Å². The molecule has 0 N–H and O–H groups in total. The van der Waals surface area contributed by atoms with Crippen molar-refractivity contribution in [3.05, 3.63) is 33.8 Å². The first-order chi connectivity index (χ1) is 8.97. The van der Waals surface area contributed by atoms with Crippen molar-refractivity contribution in [3.8, 4) is 0 Å². The van der Waals surface area contributed by atoms with Gasteiger partial charge in [0.2, 0.25) is 0 Å². The number of benzene rings is 1. The van der Waals surface area contributed by atoms with Crippen LogP contribution in [-0.2, 0) is 19.1 Å². The van der Waals surface area contributed by atoms with Crippen LogP contribution in [0.2, 0.25) is 10.0 Å². The molecule has 0 aliphatic rings. The van der Waals surface area contributed by atoms with Gasteiger partial charge in [-0.2, -0.15) is 0 Å². The highest BCUT2D eigenvalue weighted by atomic mass is 35.5. The molecular formula is C13H14Cl2O4. The van der Waals surface area contributed by atoms with E-state index in [1.807, 2.05) is 0 Å². The largest absolute Gasteiger partial charge is 0.469 e. The number of rotatable bonds is 5. The lowest BCUT2D eigenvalue weighted by Crippen LogP contribution is -2.14. The quantitative estimate of drug-likeness (QED) is 0.784. The average molecular weight is 305 g/mol. The number of methoxy groups -OCH3 is 2. The maximum Gasteiger partial charge on any atom is 0.306 e. The highest BCUT2D eigenvalue weighted by Crippen LogP contribution is 2.32. The summed E-state index contributed by atoms with van der Waals surface area (Å²) in [5.74, 6) is -1.23. The third-order valence-corrected chi connectivity index (χ3v) is 3.25. The summed E-state index contributed by atoms with van der Waals surface area (Å²) < 4.78 is 9.24. The van der Waals surface area contributed by atoms with E-state index in [2.05, 4.69) is 9.47 Å². The minimum atomic E-state index is -0.417. The molecule has 0 amide bonds. The molecule has 0 aliphatic carbocycles. The van der Waals surface area contributed by atoms with Crippen LogP contribution in [0.15, 0.2) is 18.2 Å². The fourth-order valence-corrected chi connectivity index (χ4v) is 2.26. The fraction of sp³-hybridized carbons (Fsp3) is 0.385. The normalized spacial score (nSPS) is 10.4. The summed E-state index contributed by atoms with van der Waals surface area (Å²) >= 11 is 11.9. The Labute approximate surface area is 121 Å². The second-order valence-corrected chi connectivity index (χ2v) is 4.77.